The molecule has 2 heterocycles. The SMILES string of the molecule is C1=NCc2c(ccc3cocc23)N1. The van der Waals surface area contributed by atoms with Crippen molar-refractivity contribution in [1.82, 2.24) is 0 Å². The van der Waals surface area contributed by atoms with Crippen LogP contribution in [0.4, 0.5) is 5.69 Å². The molecule has 0 atom stereocenters. The molecular weight excluding hydrogens is 164 g/mol. The van der Waals surface area contributed by atoms with Crippen molar-refractivity contribution < 1.29 is 4.42 Å². The van der Waals surface area contributed by atoms with Crippen LogP contribution in [0.3, 0.4) is 0 Å². The predicted octanol–water partition coefficient (Wildman–Crippen LogP) is 2.39. The molecule has 1 aromatic carbocycles. The molecule has 0 amide bonds. The molecule has 0 unspecified atom stereocenters. The summed E-state index contributed by atoms with van der Waals surface area (Å²) < 4.78 is 5.15. The van der Waals surface area contributed by atoms with Crippen LogP contribution in [0.5, 0.6) is 0 Å². The Morgan fingerprint density at radius 3 is 3.31 bits per heavy atom. The lowest BCUT2D eigenvalue weighted by Gasteiger charge is -2.12. The molecule has 0 spiro atoms. The van der Waals surface area contributed by atoms with Crippen molar-refractivity contribution in [2.75, 3.05) is 5.32 Å². The van der Waals surface area contributed by atoms with E-state index in [0.717, 1.165) is 23.0 Å². The van der Waals surface area contributed by atoms with Crippen molar-refractivity contribution in [3.63, 3.8) is 0 Å². The first-order valence-electron chi connectivity index (χ1n) is 4.18. The Kier molecular flexibility index (Phi) is 1.22. The summed E-state index contributed by atoms with van der Waals surface area (Å²) in [4.78, 5) is 4.17. The Hall–Kier alpha value is -1.77. The van der Waals surface area contributed by atoms with Gasteiger partial charge in [0.15, 0.2) is 0 Å². The average Bonchev–Trinajstić information content (AvgIpc) is 2.65. The van der Waals surface area contributed by atoms with Crippen LogP contribution in [0.1, 0.15) is 5.56 Å². The molecule has 2 aromatic rings. The van der Waals surface area contributed by atoms with Crippen LogP contribution < -0.4 is 5.32 Å². The fourth-order valence-electron chi connectivity index (χ4n) is 1.66. The molecular formula is C10H8N2O. The number of benzene rings is 1. The Bertz CT molecular complexity index is 485. The zero-order valence-electron chi connectivity index (χ0n) is 6.95. The van der Waals surface area contributed by atoms with Gasteiger partial charge in [-0.2, -0.15) is 0 Å². The van der Waals surface area contributed by atoms with E-state index in [4.69, 9.17) is 4.42 Å². The van der Waals surface area contributed by atoms with Gasteiger partial charge in [-0.3, -0.25) is 4.99 Å². The monoisotopic (exact) mass is 172 g/mol. The lowest BCUT2D eigenvalue weighted by molar-refractivity contribution is 0.572. The first-order chi connectivity index (χ1) is 6.45. The van der Waals surface area contributed by atoms with Crippen molar-refractivity contribution in [3.05, 3.63) is 30.2 Å². The summed E-state index contributed by atoms with van der Waals surface area (Å²) in [6.45, 7) is 0.735. The van der Waals surface area contributed by atoms with Gasteiger partial charge in [0.1, 0.15) is 0 Å². The van der Waals surface area contributed by atoms with Gasteiger partial charge in [-0.05, 0) is 12.1 Å². The zero-order chi connectivity index (χ0) is 8.67. The van der Waals surface area contributed by atoms with E-state index in [2.05, 4.69) is 16.4 Å². The minimum Gasteiger partial charge on any atom is -0.471 e. The summed E-state index contributed by atoms with van der Waals surface area (Å²) in [6.07, 6.45) is 5.26. The molecule has 1 N–H and O–H groups in total. The molecule has 0 saturated carbocycles. The number of fused-ring (bicyclic) bond motifs is 3. The van der Waals surface area contributed by atoms with Crippen molar-refractivity contribution >= 4 is 22.8 Å². The van der Waals surface area contributed by atoms with E-state index in [9.17, 15) is 0 Å². The molecule has 0 aliphatic carbocycles. The fraction of sp³-hybridized carbons (Fsp3) is 0.100. The smallest absolute Gasteiger partial charge is 0.0985 e. The molecule has 13 heavy (non-hydrogen) atoms. The van der Waals surface area contributed by atoms with Gasteiger partial charge in [-0.1, -0.05) is 0 Å². The number of rotatable bonds is 0. The molecule has 3 heteroatoms. The summed E-state index contributed by atoms with van der Waals surface area (Å²) >= 11 is 0. The molecule has 1 aromatic heterocycles. The lowest BCUT2D eigenvalue weighted by atomic mass is 10.1. The molecule has 1 aliphatic rings. The van der Waals surface area contributed by atoms with Gasteiger partial charge in [0.05, 0.1) is 25.4 Å². The van der Waals surface area contributed by atoms with Gasteiger partial charge in [0.25, 0.3) is 0 Å². The number of hydrogen-bond acceptors (Lipinski definition) is 3. The van der Waals surface area contributed by atoms with E-state index < -0.39 is 0 Å². The third kappa shape index (κ3) is 0.869. The number of aliphatic imine (C=N–C) groups is 1. The number of furan rings is 1. The van der Waals surface area contributed by atoms with E-state index in [-0.39, 0.29) is 0 Å². The maximum Gasteiger partial charge on any atom is 0.0985 e. The van der Waals surface area contributed by atoms with Crippen LogP contribution >= 0.6 is 0 Å². The minimum absolute atomic E-state index is 0.735. The van der Waals surface area contributed by atoms with Gasteiger partial charge in [-0.25, -0.2) is 0 Å². The Morgan fingerprint density at radius 1 is 1.31 bits per heavy atom. The first-order valence-corrected chi connectivity index (χ1v) is 4.18. The summed E-state index contributed by atoms with van der Waals surface area (Å²) in [6, 6.07) is 4.10. The summed E-state index contributed by atoms with van der Waals surface area (Å²) in [5, 5.41) is 5.40. The molecule has 0 radical (unpaired) electrons. The number of nitrogens with one attached hydrogen (secondary N) is 1. The van der Waals surface area contributed by atoms with Gasteiger partial charge >= 0.3 is 0 Å². The van der Waals surface area contributed by atoms with Crippen LogP contribution in [0.15, 0.2) is 34.1 Å². The third-order valence-corrected chi connectivity index (χ3v) is 2.33. The van der Waals surface area contributed by atoms with Crippen LogP contribution in [0, 0.1) is 0 Å². The summed E-state index contributed by atoms with van der Waals surface area (Å²) in [5.41, 5.74) is 2.35. The summed E-state index contributed by atoms with van der Waals surface area (Å²) in [7, 11) is 0. The van der Waals surface area contributed by atoms with E-state index >= 15 is 0 Å². The fourth-order valence-corrected chi connectivity index (χ4v) is 1.66. The van der Waals surface area contributed by atoms with Crippen LogP contribution in [0.2, 0.25) is 0 Å². The van der Waals surface area contributed by atoms with Crippen molar-refractivity contribution in [1.29, 1.82) is 0 Å². The number of nitrogens with zero attached hydrogens (tertiary/aromatic N) is 1. The molecule has 0 saturated heterocycles. The largest absolute Gasteiger partial charge is 0.471 e. The highest BCUT2D eigenvalue weighted by atomic mass is 16.3. The van der Waals surface area contributed by atoms with Gasteiger partial charge < -0.3 is 9.73 Å². The minimum atomic E-state index is 0.735. The average molecular weight is 172 g/mol. The van der Waals surface area contributed by atoms with Crippen molar-refractivity contribution in [2.45, 2.75) is 6.54 Å². The maximum absolute atomic E-state index is 5.15. The van der Waals surface area contributed by atoms with Crippen molar-refractivity contribution in [2.24, 2.45) is 4.99 Å². The van der Waals surface area contributed by atoms with E-state index in [0.29, 0.717) is 0 Å². The molecule has 0 fully saturated rings. The van der Waals surface area contributed by atoms with E-state index in [1.54, 1.807) is 18.9 Å². The maximum atomic E-state index is 5.15. The molecule has 64 valence electrons. The number of anilines is 1. The highest BCUT2D eigenvalue weighted by Gasteiger charge is 2.09. The Morgan fingerprint density at radius 2 is 2.31 bits per heavy atom. The normalized spacial score (nSPS) is 14.2. The standard InChI is InChI=1S/C10H8N2O/c1-2-10-8(3-11-6-12-10)9-5-13-4-7(1)9/h1-2,4-6H,3H2,(H,11,12). The van der Waals surface area contributed by atoms with Gasteiger partial charge in [-0.15, -0.1) is 0 Å². The lowest BCUT2D eigenvalue weighted by Crippen LogP contribution is -2.04. The highest BCUT2D eigenvalue weighted by molar-refractivity contribution is 5.93. The Balaban J connectivity index is 2.38. The summed E-state index contributed by atoms with van der Waals surface area (Å²) in [5.74, 6) is 0. The first kappa shape index (κ1) is 6.71. The second-order valence-electron chi connectivity index (χ2n) is 3.08. The molecule has 3 nitrogen and oxygen atoms in total. The van der Waals surface area contributed by atoms with Gasteiger partial charge in [0.2, 0.25) is 0 Å². The molecule has 0 bridgehead atoms. The molecule has 3 rings (SSSR count). The van der Waals surface area contributed by atoms with Crippen LogP contribution in [0.25, 0.3) is 10.8 Å². The Labute approximate surface area is 75.1 Å². The van der Waals surface area contributed by atoms with Crippen molar-refractivity contribution in [3.8, 4) is 0 Å². The predicted molar refractivity (Wildman–Crippen MR) is 52.0 cm³/mol. The second-order valence-corrected chi connectivity index (χ2v) is 3.08. The van der Waals surface area contributed by atoms with Gasteiger partial charge in [0, 0.05) is 22.0 Å². The highest BCUT2D eigenvalue weighted by Crippen LogP contribution is 2.28. The number of hydrogen-bond donors (Lipinski definition) is 1. The van der Waals surface area contributed by atoms with Crippen LogP contribution in [-0.4, -0.2) is 6.34 Å². The molecule has 1 aliphatic heterocycles. The topological polar surface area (TPSA) is 37.5 Å². The quantitative estimate of drug-likeness (QED) is 0.662. The van der Waals surface area contributed by atoms with Crippen LogP contribution in [-0.2, 0) is 6.54 Å². The second kappa shape index (κ2) is 2.36. The van der Waals surface area contributed by atoms with E-state index in [1.165, 1.54) is 5.56 Å². The zero-order valence-corrected chi connectivity index (χ0v) is 6.95. The third-order valence-electron chi connectivity index (χ3n) is 2.33. The van der Waals surface area contributed by atoms with E-state index in [1.807, 2.05) is 6.07 Å².